The number of hydrogen-bond donors (Lipinski definition) is 1. The van der Waals surface area contributed by atoms with E-state index in [1.165, 1.54) is 0 Å². The maximum absolute atomic E-state index is 14.1. The van der Waals surface area contributed by atoms with Crippen molar-refractivity contribution >= 4 is 22.7 Å². The Morgan fingerprint density at radius 3 is 2.56 bits per heavy atom. The average Bonchev–Trinajstić information content (AvgIpc) is 3.32. The molecule has 0 bridgehead atoms. The van der Waals surface area contributed by atoms with Crippen molar-refractivity contribution in [1.82, 2.24) is 19.7 Å². The van der Waals surface area contributed by atoms with E-state index >= 15 is 0 Å². The summed E-state index contributed by atoms with van der Waals surface area (Å²) >= 11 is 0. The number of hydrogen-bond acceptors (Lipinski definition) is 5. The number of para-hydroxylation sites is 1. The molecule has 6 rings (SSSR count). The molecule has 0 radical (unpaired) electrons. The number of benzene rings is 2. The quantitative estimate of drug-likeness (QED) is 0.597. The van der Waals surface area contributed by atoms with Gasteiger partial charge < -0.3 is 24.3 Å². The molecule has 188 valence electrons. The molecule has 2 aromatic carbocycles. The van der Waals surface area contributed by atoms with Crippen molar-refractivity contribution in [3.05, 3.63) is 65.4 Å². The first-order valence-electron chi connectivity index (χ1n) is 12.7. The van der Waals surface area contributed by atoms with Gasteiger partial charge in [0.15, 0.2) is 5.54 Å². The van der Waals surface area contributed by atoms with Crippen LogP contribution in [0, 0.1) is 0 Å². The monoisotopic (exact) mass is 488 g/mol. The van der Waals surface area contributed by atoms with E-state index in [1.807, 2.05) is 37.3 Å². The summed E-state index contributed by atoms with van der Waals surface area (Å²) in [6.07, 6.45) is 0. The second-order valence-electron chi connectivity index (χ2n) is 10.0. The van der Waals surface area contributed by atoms with Crippen molar-refractivity contribution < 1.29 is 19.1 Å². The number of aromatic amines is 1. The van der Waals surface area contributed by atoms with Gasteiger partial charge >= 0.3 is 0 Å². The van der Waals surface area contributed by atoms with E-state index in [0.717, 1.165) is 53.1 Å². The number of carbonyl (C=O) groups excluding carboxylic acids is 2. The Morgan fingerprint density at radius 2 is 1.81 bits per heavy atom. The van der Waals surface area contributed by atoms with E-state index < -0.39 is 5.54 Å². The van der Waals surface area contributed by atoms with Crippen LogP contribution in [0.3, 0.4) is 0 Å². The van der Waals surface area contributed by atoms with Crippen molar-refractivity contribution in [1.29, 1.82) is 0 Å². The number of nitrogens with zero attached hydrogens (tertiary/aromatic N) is 3. The lowest BCUT2D eigenvalue weighted by Gasteiger charge is -2.51. The molecule has 1 N–H and O–H groups in total. The molecule has 0 unspecified atom stereocenters. The number of ether oxygens (including phenoxy) is 2. The largest absolute Gasteiger partial charge is 0.497 e. The number of aromatic nitrogens is 1. The number of carbonyl (C=O) groups is 2. The first kappa shape index (κ1) is 23.1. The van der Waals surface area contributed by atoms with Gasteiger partial charge in [-0.25, -0.2) is 0 Å². The van der Waals surface area contributed by atoms with Gasteiger partial charge in [0.25, 0.3) is 5.91 Å². The number of nitrogens with one attached hydrogen (secondary N) is 1. The zero-order valence-corrected chi connectivity index (χ0v) is 20.8. The molecule has 0 spiro atoms. The van der Waals surface area contributed by atoms with Gasteiger partial charge in [-0.15, -0.1) is 0 Å². The molecular formula is C28H32N4O4. The van der Waals surface area contributed by atoms with Crippen molar-refractivity contribution in [3.63, 3.8) is 0 Å². The Bertz CT molecular complexity index is 1300. The number of H-pyrrole nitrogens is 1. The van der Waals surface area contributed by atoms with Gasteiger partial charge in [-0.05, 0) is 36.2 Å². The number of fused-ring (bicyclic) bond motifs is 5. The number of piperazine rings is 1. The van der Waals surface area contributed by atoms with Crippen LogP contribution in [0.2, 0.25) is 0 Å². The topological polar surface area (TPSA) is 78.1 Å². The fourth-order valence-electron chi connectivity index (χ4n) is 6.08. The van der Waals surface area contributed by atoms with Gasteiger partial charge in [0.05, 0.1) is 32.6 Å². The molecule has 2 saturated heterocycles. The van der Waals surface area contributed by atoms with Crippen LogP contribution in [0.15, 0.2) is 48.5 Å². The Labute approximate surface area is 210 Å². The second-order valence-corrected chi connectivity index (χ2v) is 10.0. The average molecular weight is 489 g/mol. The highest BCUT2D eigenvalue weighted by molar-refractivity contribution is 6.01. The van der Waals surface area contributed by atoms with Crippen LogP contribution in [0.5, 0.6) is 5.75 Å². The van der Waals surface area contributed by atoms with Crippen LogP contribution in [0.1, 0.15) is 29.7 Å². The highest BCUT2D eigenvalue weighted by atomic mass is 16.5. The predicted molar refractivity (Wildman–Crippen MR) is 136 cm³/mol. The summed E-state index contributed by atoms with van der Waals surface area (Å²) in [6.45, 7) is 6.89. The second kappa shape index (κ2) is 8.94. The minimum absolute atomic E-state index is 0.0121. The van der Waals surface area contributed by atoms with Crippen LogP contribution in [0.25, 0.3) is 10.9 Å². The van der Waals surface area contributed by atoms with Crippen LogP contribution in [-0.4, -0.2) is 91.1 Å². The summed E-state index contributed by atoms with van der Waals surface area (Å²) in [7, 11) is 1.65. The van der Waals surface area contributed by atoms with E-state index in [-0.39, 0.29) is 24.3 Å². The third-order valence-corrected chi connectivity index (χ3v) is 8.13. The van der Waals surface area contributed by atoms with E-state index in [9.17, 15) is 9.59 Å². The Morgan fingerprint density at radius 1 is 1.06 bits per heavy atom. The summed E-state index contributed by atoms with van der Waals surface area (Å²) in [4.78, 5) is 37.1. The number of morpholine rings is 1. The summed E-state index contributed by atoms with van der Waals surface area (Å²) in [5.41, 5.74) is 2.93. The SMILES string of the molecule is COc1ccc([C@@H]2CN3C(=O)CN(CCN4CCOCC4)C(=O)[C@]3(C)c3[nH]c4ccccc4c32)cc1. The summed E-state index contributed by atoms with van der Waals surface area (Å²) in [5, 5.41) is 1.10. The molecule has 8 nitrogen and oxygen atoms in total. The summed E-state index contributed by atoms with van der Waals surface area (Å²) < 4.78 is 10.8. The Hall–Kier alpha value is -3.36. The molecule has 3 aliphatic rings. The zero-order valence-electron chi connectivity index (χ0n) is 20.8. The van der Waals surface area contributed by atoms with Crippen molar-refractivity contribution in [2.75, 3.05) is 59.6 Å². The molecule has 0 saturated carbocycles. The summed E-state index contributed by atoms with van der Waals surface area (Å²) in [5.74, 6) is 0.712. The van der Waals surface area contributed by atoms with Gasteiger partial charge in [-0.3, -0.25) is 14.5 Å². The van der Waals surface area contributed by atoms with Crippen LogP contribution < -0.4 is 4.74 Å². The Balaban J connectivity index is 1.41. The molecule has 36 heavy (non-hydrogen) atoms. The van der Waals surface area contributed by atoms with E-state index in [2.05, 4.69) is 28.1 Å². The maximum atomic E-state index is 14.1. The molecule has 2 fully saturated rings. The van der Waals surface area contributed by atoms with E-state index in [4.69, 9.17) is 9.47 Å². The van der Waals surface area contributed by atoms with E-state index in [1.54, 1.807) is 16.9 Å². The normalized spacial score (nSPS) is 24.7. The minimum atomic E-state index is -1.07. The van der Waals surface area contributed by atoms with Gasteiger partial charge in [-0.2, -0.15) is 0 Å². The predicted octanol–water partition coefficient (Wildman–Crippen LogP) is 2.54. The highest BCUT2D eigenvalue weighted by Gasteiger charge is 2.56. The minimum Gasteiger partial charge on any atom is -0.497 e. The Kier molecular flexibility index (Phi) is 5.73. The number of methoxy groups -OCH3 is 1. The fourth-order valence-corrected chi connectivity index (χ4v) is 6.08. The molecular weight excluding hydrogens is 456 g/mol. The van der Waals surface area contributed by atoms with Crippen LogP contribution in [-0.2, 0) is 19.9 Å². The smallest absolute Gasteiger partial charge is 0.254 e. The maximum Gasteiger partial charge on any atom is 0.254 e. The highest BCUT2D eigenvalue weighted by Crippen LogP contribution is 2.48. The van der Waals surface area contributed by atoms with E-state index in [0.29, 0.717) is 26.3 Å². The van der Waals surface area contributed by atoms with Gasteiger partial charge in [0.2, 0.25) is 5.91 Å². The molecule has 4 heterocycles. The molecule has 8 heteroatoms. The summed E-state index contributed by atoms with van der Waals surface area (Å²) in [6, 6.07) is 16.2. The van der Waals surface area contributed by atoms with Crippen molar-refractivity contribution in [2.24, 2.45) is 0 Å². The fraction of sp³-hybridized carbons (Fsp3) is 0.429. The molecule has 2 amide bonds. The van der Waals surface area contributed by atoms with Crippen LogP contribution >= 0.6 is 0 Å². The lowest BCUT2D eigenvalue weighted by Crippen LogP contribution is -2.68. The number of amides is 2. The molecule has 1 aromatic heterocycles. The van der Waals surface area contributed by atoms with Gasteiger partial charge in [0, 0.05) is 49.5 Å². The third kappa shape index (κ3) is 3.59. The van der Waals surface area contributed by atoms with Crippen molar-refractivity contribution in [3.8, 4) is 5.75 Å². The van der Waals surface area contributed by atoms with Gasteiger partial charge in [-0.1, -0.05) is 30.3 Å². The van der Waals surface area contributed by atoms with Crippen LogP contribution in [0.4, 0.5) is 0 Å². The van der Waals surface area contributed by atoms with Crippen molar-refractivity contribution in [2.45, 2.75) is 18.4 Å². The third-order valence-electron chi connectivity index (χ3n) is 8.13. The first-order valence-corrected chi connectivity index (χ1v) is 12.7. The lowest BCUT2D eigenvalue weighted by molar-refractivity contribution is -0.166. The molecule has 3 aromatic rings. The lowest BCUT2D eigenvalue weighted by atomic mass is 9.76. The molecule has 0 aliphatic carbocycles. The molecule has 2 atom stereocenters. The molecule has 3 aliphatic heterocycles. The van der Waals surface area contributed by atoms with Gasteiger partial charge in [0.1, 0.15) is 5.75 Å². The standard InChI is InChI=1S/C28H32N4O4/c1-28-26-25(21-5-3-4-6-23(21)29-26)22(19-7-9-20(35-2)10-8-19)17-32(28)24(33)18-31(27(28)34)12-11-30-13-15-36-16-14-30/h3-10,22,29H,11-18H2,1-2H3/t22-,28-/m0/s1. The zero-order chi connectivity index (χ0) is 24.9. The first-order chi connectivity index (χ1) is 17.5. The number of rotatable bonds is 5.